The first-order valence-electron chi connectivity index (χ1n) is 8.71. The molecule has 0 spiro atoms. The lowest BCUT2D eigenvalue weighted by Crippen LogP contribution is -2.23. The van der Waals surface area contributed by atoms with Gasteiger partial charge in [0, 0.05) is 17.6 Å². The molecule has 1 saturated heterocycles. The molecule has 144 valence electrons. The van der Waals surface area contributed by atoms with Crippen molar-refractivity contribution in [3.63, 3.8) is 0 Å². The zero-order valence-electron chi connectivity index (χ0n) is 15.0. The van der Waals surface area contributed by atoms with Gasteiger partial charge in [-0.05, 0) is 64.7 Å². The molecule has 1 fully saturated rings. The summed E-state index contributed by atoms with van der Waals surface area (Å²) >= 11 is 3.20. The second kappa shape index (κ2) is 9.19. The van der Waals surface area contributed by atoms with Crippen LogP contribution >= 0.6 is 15.9 Å². The third-order valence-corrected chi connectivity index (χ3v) is 4.96. The van der Waals surface area contributed by atoms with Gasteiger partial charge >= 0.3 is 0 Å². The van der Waals surface area contributed by atoms with Crippen LogP contribution in [0.25, 0.3) is 0 Å². The Morgan fingerprint density at radius 3 is 2.85 bits per heavy atom. The van der Waals surface area contributed by atoms with Crippen molar-refractivity contribution in [1.82, 2.24) is 5.32 Å². The normalized spacial score (nSPS) is 16.2. The summed E-state index contributed by atoms with van der Waals surface area (Å²) in [6.45, 7) is 1.59. The third kappa shape index (κ3) is 5.20. The van der Waals surface area contributed by atoms with E-state index in [-0.39, 0.29) is 12.0 Å². The molecule has 27 heavy (non-hydrogen) atoms. The fraction of sp³-hybridized carbons (Fsp3) is 0.350. The minimum atomic E-state index is -0.401. The van der Waals surface area contributed by atoms with Crippen molar-refractivity contribution in [2.24, 2.45) is 0 Å². The highest BCUT2D eigenvalue weighted by Gasteiger charge is 2.17. The molecule has 2 aromatic carbocycles. The van der Waals surface area contributed by atoms with Gasteiger partial charge in [0.25, 0.3) is 5.91 Å². The molecule has 1 heterocycles. The number of hydrogen-bond acceptors (Lipinski definition) is 4. The molecule has 0 aliphatic carbocycles. The van der Waals surface area contributed by atoms with E-state index in [0.717, 1.165) is 25.0 Å². The molecular weight excluding hydrogens is 417 g/mol. The van der Waals surface area contributed by atoms with Gasteiger partial charge in [-0.2, -0.15) is 0 Å². The number of ether oxygens (including phenoxy) is 3. The predicted molar refractivity (Wildman–Crippen MR) is 103 cm³/mol. The standard InChI is InChI=1S/C20H21BrFNO4/c1-25-19-9-13(4-7-18(19)27-12-15-3-2-8-26-15)11-23-20(24)16-6-5-14(22)10-17(16)21/h4-7,9-10,15H,2-3,8,11-12H2,1H3,(H,23,24). The highest BCUT2D eigenvalue weighted by Crippen LogP contribution is 2.29. The molecule has 3 rings (SSSR count). The van der Waals surface area contributed by atoms with Gasteiger partial charge in [-0.15, -0.1) is 0 Å². The molecule has 1 N–H and O–H groups in total. The molecule has 1 aliphatic heterocycles. The van der Waals surface area contributed by atoms with E-state index in [2.05, 4.69) is 21.2 Å². The van der Waals surface area contributed by atoms with E-state index in [1.54, 1.807) is 7.11 Å². The lowest BCUT2D eigenvalue weighted by molar-refractivity contribution is 0.0669. The van der Waals surface area contributed by atoms with Gasteiger partial charge in [0.05, 0.1) is 18.8 Å². The van der Waals surface area contributed by atoms with Gasteiger partial charge in [0.15, 0.2) is 11.5 Å². The van der Waals surface area contributed by atoms with Gasteiger partial charge in [0.1, 0.15) is 12.4 Å². The number of methoxy groups -OCH3 is 1. The summed E-state index contributed by atoms with van der Waals surface area (Å²) in [5.74, 6) is 0.549. The van der Waals surface area contributed by atoms with Crippen LogP contribution in [0.2, 0.25) is 0 Å². The molecule has 5 nitrogen and oxygen atoms in total. The Hall–Kier alpha value is -2.12. The van der Waals surface area contributed by atoms with Crippen molar-refractivity contribution in [2.45, 2.75) is 25.5 Å². The number of amides is 1. The molecular formula is C20H21BrFNO4. The number of benzene rings is 2. The Labute approximate surface area is 165 Å². The Morgan fingerprint density at radius 2 is 2.15 bits per heavy atom. The van der Waals surface area contributed by atoms with Gasteiger partial charge in [-0.25, -0.2) is 4.39 Å². The molecule has 0 saturated carbocycles. The fourth-order valence-electron chi connectivity index (χ4n) is 2.85. The topological polar surface area (TPSA) is 56.8 Å². The van der Waals surface area contributed by atoms with Crippen molar-refractivity contribution in [2.75, 3.05) is 20.3 Å². The number of carbonyl (C=O) groups excluding carboxylic acids is 1. The van der Waals surface area contributed by atoms with Crippen LogP contribution in [0.15, 0.2) is 40.9 Å². The zero-order chi connectivity index (χ0) is 19.2. The second-order valence-electron chi connectivity index (χ2n) is 6.24. The fourth-order valence-corrected chi connectivity index (χ4v) is 3.38. The average molecular weight is 438 g/mol. The van der Waals surface area contributed by atoms with E-state index >= 15 is 0 Å². The van der Waals surface area contributed by atoms with Gasteiger partial charge in [0.2, 0.25) is 0 Å². The third-order valence-electron chi connectivity index (χ3n) is 4.31. The molecule has 1 unspecified atom stereocenters. The number of rotatable bonds is 7. The monoisotopic (exact) mass is 437 g/mol. The summed E-state index contributed by atoms with van der Waals surface area (Å²) in [6, 6.07) is 9.47. The molecule has 7 heteroatoms. The highest BCUT2D eigenvalue weighted by atomic mass is 79.9. The molecule has 1 amide bonds. The van der Waals surface area contributed by atoms with Gasteiger partial charge in [-0.1, -0.05) is 6.07 Å². The van der Waals surface area contributed by atoms with Gasteiger partial charge < -0.3 is 19.5 Å². The van der Waals surface area contributed by atoms with Crippen LogP contribution in [0.3, 0.4) is 0 Å². The van der Waals surface area contributed by atoms with Crippen molar-refractivity contribution in [3.05, 3.63) is 57.8 Å². The van der Waals surface area contributed by atoms with E-state index < -0.39 is 5.82 Å². The summed E-state index contributed by atoms with van der Waals surface area (Å²) < 4.78 is 30.3. The minimum absolute atomic E-state index is 0.128. The summed E-state index contributed by atoms with van der Waals surface area (Å²) in [5, 5.41) is 2.82. The largest absolute Gasteiger partial charge is 0.493 e. The minimum Gasteiger partial charge on any atom is -0.493 e. The van der Waals surface area contributed by atoms with Crippen molar-refractivity contribution in [3.8, 4) is 11.5 Å². The smallest absolute Gasteiger partial charge is 0.252 e. The van der Waals surface area contributed by atoms with E-state index in [4.69, 9.17) is 14.2 Å². The van der Waals surface area contributed by atoms with Crippen LogP contribution in [0.5, 0.6) is 11.5 Å². The molecule has 0 radical (unpaired) electrons. The Morgan fingerprint density at radius 1 is 1.30 bits per heavy atom. The molecule has 2 aromatic rings. The van der Waals surface area contributed by atoms with E-state index in [1.165, 1.54) is 18.2 Å². The van der Waals surface area contributed by atoms with Crippen LogP contribution in [0.1, 0.15) is 28.8 Å². The maximum Gasteiger partial charge on any atom is 0.252 e. The Kier molecular flexibility index (Phi) is 6.68. The van der Waals surface area contributed by atoms with Crippen molar-refractivity contribution in [1.29, 1.82) is 0 Å². The number of carbonyl (C=O) groups is 1. The van der Waals surface area contributed by atoms with E-state index in [1.807, 2.05) is 18.2 Å². The zero-order valence-corrected chi connectivity index (χ0v) is 16.6. The number of hydrogen-bond donors (Lipinski definition) is 1. The summed E-state index contributed by atoms with van der Waals surface area (Å²) in [5.41, 5.74) is 1.24. The van der Waals surface area contributed by atoms with E-state index in [0.29, 0.717) is 34.7 Å². The lowest BCUT2D eigenvalue weighted by Gasteiger charge is -2.15. The molecule has 1 aliphatic rings. The number of halogens is 2. The SMILES string of the molecule is COc1cc(CNC(=O)c2ccc(F)cc2Br)ccc1OCC1CCCO1. The maximum atomic E-state index is 13.1. The van der Waals surface area contributed by atoms with Crippen LogP contribution in [-0.4, -0.2) is 32.3 Å². The number of nitrogens with one attached hydrogen (secondary N) is 1. The quantitative estimate of drug-likeness (QED) is 0.708. The first-order chi connectivity index (χ1) is 13.1. The van der Waals surface area contributed by atoms with Gasteiger partial charge in [-0.3, -0.25) is 4.79 Å². The first-order valence-corrected chi connectivity index (χ1v) is 9.50. The molecule has 0 bridgehead atoms. The summed E-state index contributed by atoms with van der Waals surface area (Å²) in [4.78, 5) is 12.3. The summed E-state index contributed by atoms with van der Waals surface area (Å²) in [6.07, 6.45) is 2.20. The van der Waals surface area contributed by atoms with Crippen LogP contribution in [-0.2, 0) is 11.3 Å². The Bertz CT molecular complexity index is 809. The Balaban J connectivity index is 1.60. The highest BCUT2D eigenvalue weighted by molar-refractivity contribution is 9.10. The molecule has 0 aromatic heterocycles. The summed E-state index contributed by atoms with van der Waals surface area (Å²) in [7, 11) is 1.58. The van der Waals surface area contributed by atoms with Crippen molar-refractivity contribution < 1.29 is 23.4 Å². The van der Waals surface area contributed by atoms with Crippen LogP contribution in [0, 0.1) is 5.82 Å². The second-order valence-corrected chi connectivity index (χ2v) is 7.09. The average Bonchev–Trinajstić information content (AvgIpc) is 3.18. The van der Waals surface area contributed by atoms with Crippen LogP contribution < -0.4 is 14.8 Å². The lowest BCUT2D eigenvalue weighted by atomic mass is 10.1. The van der Waals surface area contributed by atoms with Crippen molar-refractivity contribution >= 4 is 21.8 Å². The predicted octanol–water partition coefficient (Wildman–Crippen LogP) is 4.08. The first kappa shape index (κ1) is 19.6. The van der Waals surface area contributed by atoms with E-state index in [9.17, 15) is 9.18 Å². The van der Waals surface area contributed by atoms with Crippen LogP contribution in [0.4, 0.5) is 4.39 Å². The molecule has 1 atom stereocenters. The maximum absolute atomic E-state index is 13.1.